The Kier molecular flexibility index (Phi) is 7.06. The summed E-state index contributed by atoms with van der Waals surface area (Å²) < 4.78 is 30.2. The summed E-state index contributed by atoms with van der Waals surface area (Å²) in [7, 11) is -3.98. The predicted molar refractivity (Wildman–Crippen MR) is 118 cm³/mol. The quantitative estimate of drug-likeness (QED) is 0.429. The van der Waals surface area contributed by atoms with Gasteiger partial charge >= 0.3 is 13.7 Å². The van der Waals surface area contributed by atoms with Crippen LogP contribution in [-0.2, 0) is 30.0 Å². The van der Waals surface area contributed by atoms with E-state index in [1.54, 1.807) is 30.3 Å². The molecule has 2 aliphatic heterocycles. The summed E-state index contributed by atoms with van der Waals surface area (Å²) in [6.07, 6.45) is 0.857. The highest BCUT2D eigenvalue weighted by Gasteiger charge is 2.46. The van der Waals surface area contributed by atoms with Crippen LogP contribution >= 0.6 is 7.75 Å². The van der Waals surface area contributed by atoms with Crippen molar-refractivity contribution < 1.29 is 27.9 Å². The third-order valence-electron chi connectivity index (χ3n) is 5.69. The lowest BCUT2D eigenvalue weighted by molar-refractivity contribution is -0.146. The van der Waals surface area contributed by atoms with Crippen molar-refractivity contribution >= 4 is 19.5 Å². The van der Waals surface area contributed by atoms with E-state index < -0.39 is 25.8 Å². The first-order chi connectivity index (χ1) is 15.4. The van der Waals surface area contributed by atoms with Crippen LogP contribution in [0.2, 0.25) is 0 Å². The summed E-state index contributed by atoms with van der Waals surface area (Å²) in [6.45, 7) is 3.10. The molecule has 2 fully saturated rings. The number of hydrogen-bond acceptors (Lipinski definition) is 7. The minimum Gasteiger partial charge on any atom is -0.460 e. The number of piperidine rings is 1. The van der Waals surface area contributed by atoms with Gasteiger partial charge in [0.2, 0.25) is 0 Å². The van der Waals surface area contributed by atoms with Crippen LogP contribution in [-0.4, -0.2) is 48.4 Å². The Hall–Kier alpha value is -2.51. The van der Waals surface area contributed by atoms with Crippen LogP contribution in [0, 0.1) is 5.92 Å². The van der Waals surface area contributed by atoms with Gasteiger partial charge in [-0.3, -0.25) is 19.0 Å². The number of rotatable bonds is 10. The number of carbonyl (C=O) groups is 2. The third kappa shape index (κ3) is 5.45. The minimum atomic E-state index is -3.98. The van der Waals surface area contributed by atoms with Gasteiger partial charge in [-0.15, -0.1) is 0 Å². The molecule has 0 spiro atoms. The van der Waals surface area contributed by atoms with E-state index in [1.165, 1.54) is 6.92 Å². The van der Waals surface area contributed by atoms with Crippen molar-refractivity contribution in [2.45, 2.75) is 32.0 Å². The van der Waals surface area contributed by atoms with Gasteiger partial charge in [0, 0.05) is 12.5 Å². The van der Waals surface area contributed by atoms with E-state index >= 15 is 0 Å². The zero-order chi connectivity index (χ0) is 22.6. The van der Waals surface area contributed by atoms with Gasteiger partial charge in [-0.1, -0.05) is 48.5 Å². The molecule has 0 amide bonds. The SMILES string of the molecule is C[C@H](NP(=O)(OC[C@H]1C(=O)[C@@H]2CCN1C2)Oc1ccccc1)C(=O)OCc1ccccc1. The Bertz CT molecular complexity index is 986. The fraction of sp³-hybridized carbons (Fsp3) is 0.391. The van der Waals surface area contributed by atoms with Crippen LogP contribution < -0.4 is 9.61 Å². The molecule has 2 aromatic carbocycles. The number of hydrogen-bond donors (Lipinski definition) is 1. The molecule has 0 aromatic heterocycles. The number of benzene rings is 2. The van der Waals surface area contributed by atoms with E-state index in [0.717, 1.165) is 18.5 Å². The fourth-order valence-corrected chi connectivity index (χ4v) is 5.46. The van der Waals surface area contributed by atoms with Crippen molar-refractivity contribution in [3.63, 3.8) is 0 Å². The second-order valence-corrected chi connectivity index (χ2v) is 9.73. The second kappa shape index (κ2) is 9.96. The van der Waals surface area contributed by atoms with Gasteiger partial charge in [-0.2, -0.15) is 5.09 Å². The Morgan fingerprint density at radius 3 is 2.50 bits per heavy atom. The summed E-state index contributed by atoms with van der Waals surface area (Å²) >= 11 is 0. The van der Waals surface area contributed by atoms with E-state index in [1.807, 2.05) is 35.2 Å². The lowest BCUT2D eigenvalue weighted by Gasteiger charge is -2.27. The largest absolute Gasteiger partial charge is 0.460 e. The predicted octanol–water partition coefficient (Wildman–Crippen LogP) is 3.18. The summed E-state index contributed by atoms with van der Waals surface area (Å²) in [5, 5.41) is 2.67. The summed E-state index contributed by atoms with van der Waals surface area (Å²) in [5.41, 5.74) is 0.844. The zero-order valence-corrected chi connectivity index (χ0v) is 18.8. The molecule has 2 heterocycles. The average Bonchev–Trinajstić information content (AvgIpc) is 3.39. The van der Waals surface area contributed by atoms with Gasteiger partial charge in [0.25, 0.3) is 0 Å². The van der Waals surface area contributed by atoms with Gasteiger partial charge in [-0.05, 0) is 37.6 Å². The van der Waals surface area contributed by atoms with Crippen molar-refractivity contribution in [2.75, 3.05) is 19.7 Å². The Morgan fingerprint density at radius 1 is 1.16 bits per heavy atom. The van der Waals surface area contributed by atoms with Gasteiger partial charge in [0.1, 0.15) is 18.4 Å². The molecule has 2 bridgehead atoms. The van der Waals surface area contributed by atoms with E-state index in [9.17, 15) is 14.2 Å². The van der Waals surface area contributed by atoms with Crippen LogP contribution in [0.5, 0.6) is 5.75 Å². The summed E-state index contributed by atoms with van der Waals surface area (Å²) in [6, 6.07) is 16.4. The van der Waals surface area contributed by atoms with Crippen LogP contribution in [0.4, 0.5) is 0 Å². The Labute approximate surface area is 187 Å². The number of nitrogens with zero attached hydrogens (tertiary/aromatic N) is 1. The first-order valence-electron chi connectivity index (χ1n) is 10.7. The maximum Gasteiger partial charge on any atom is 0.459 e. The topological polar surface area (TPSA) is 94.2 Å². The number of fused-ring (bicyclic) bond motifs is 2. The highest BCUT2D eigenvalue weighted by Crippen LogP contribution is 2.46. The molecule has 32 heavy (non-hydrogen) atoms. The molecule has 0 aliphatic carbocycles. The molecule has 2 aliphatic rings. The van der Waals surface area contributed by atoms with Gasteiger partial charge in [0.05, 0.1) is 12.6 Å². The number of esters is 1. The molecule has 0 saturated carbocycles. The number of ether oxygens (including phenoxy) is 1. The van der Waals surface area contributed by atoms with Crippen molar-refractivity contribution in [1.29, 1.82) is 0 Å². The molecule has 1 N–H and O–H groups in total. The van der Waals surface area contributed by atoms with Gasteiger partial charge < -0.3 is 9.26 Å². The number of Topliss-reactive ketones (excluding diaryl/α,β-unsaturated/α-hetero) is 1. The van der Waals surface area contributed by atoms with Gasteiger partial charge in [-0.25, -0.2) is 4.57 Å². The van der Waals surface area contributed by atoms with Crippen molar-refractivity contribution in [3.05, 3.63) is 66.2 Å². The smallest absolute Gasteiger partial charge is 0.459 e. The van der Waals surface area contributed by atoms with Crippen molar-refractivity contribution in [3.8, 4) is 5.75 Å². The molecule has 2 aromatic rings. The number of para-hydroxylation sites is 1. The maximum atomic E-state index is 13.5. The molecule has 170 valence electrons. The normalized spacial score (nSPS) is 24.7. The van der Waals surface area contributed by atoms with E-state index in [0.29, 0.717) is 12.3 Å². The van der Waals surface area contributed by atoms with Crippen LogP contribution in [0.15, 0.2) is 60.7 Å². The minimum absolute atomic E-state index is 0.0258. The molecule has 4 rings (SSSR count). The monoisotopic (exact) mass is 458 g/mol. The van der Waals surface area contributed by atoms with E-state index in [4.69, 9.17) is 13.8 Å². The number of carbonyl (C=O) groups excluding carboxylic acids is 2. The first-order valence-corrected chi connectivity index (χ1v) is 12.2. The second-order valence-electron chi connectivity index (χ2n) is 8.04. The standard InChI is InChI=1S/C23H27N2O6P/c1-17(23(27)29-15-18-8-4-2-5-9-18)24-32(28,31-20-10-6-3-7-11-20)30-16-21-22(26)19-12-13-25(21)14-19/h2-11,17,19,21H,12-16H2,1H3,(H,24,28)/t17-,19+,21-,32?/m0/s1. The van der Waals surface area contributed by atoms with E-state index in [2.05, 4.69) is 5.09 Å². The summed E-state index contributed by atoms with van der Waals surface area (Å²) in [4.78, 5) is 27.0. The molecule has 2 unspecified atom stereocenters. The molecular weight excluding hydrogens is 431 g/mol. The molecular formula is C23H27N2O6P. The van der Waals surface area contributed by atoms with Crippen LogP contribution in [0.1, 0.15) is 18.9 Å². The highest BCUT2D eigenvalue weighted by atomic mass is 31.2. The van der Waals surface area contributed by atoms with Gasteiger partial charge in [0.15, 0.2) is 5.78 Å². The number of nitrogens with one attached hydrogen (secondary N) is 1. The molecule has 0 radical (unpaired) electrons. The highest BCUT2D eigenvalue weighted by molar-refractivity contribution is 7.52. The lowest BCUT2D eigenvalue weighted by Crippen LogP contribution is -2.41. The lowest BCUT2D eigenvalue weighted by atomic mass is 9.99. The van der Waals surface area contributed by atoms with Crippen LogP contribution in [0.3, 0.4) is 0 Å². The van der Waals surface area contributed by atoms with Crippen molar-refractivity contribution in [2.24, 2.45) is 5.92 Å². The Morgan fingerprint density at radius 2 is 1.84 bits per heavy atom. The number of ketones is 1. The molecule has 2 saturated heterocycles. The Balaban J connectivity index is 1.40. The zero-order valence-electron chi connectivity index (χ0n) is 17.9. The van der Waals surface area contributed by atoms with Crippen LogP contribution in [0.25, 0.3) is 0 Å². The van der Waals surface area contributed by atoms with E-state index in [-0.39, 0.29) is 24.9 Å². The summed E-state index contributed by atoms with van der Waals surface area (Å²) in [5.74, 6) is -0.127. The first kappa shape index (κ1) is 22.7. The van der Waals surface area contributed by atoms with Crippen molar-refractivity contribution in [1.82, 2.24) is 9.99 Å². The molecule has 8 nitrogen and oxygen atoms in total. The maximum absolute atomic E-state index is 13.5. The molecule has 9 heteroatoms. The third-order valence-corrected chi connectivity index (χ3v) is 7.34. The average molecular weight is 458 g/mol. The molecule has 5 atom stereocenters. The fourth-order valence-electron chi connectivity index (χ4n) is 3.96.